The van der Waals surface area contributed by atoms with Crippen LogP contribution in [0.4, 0.5) is 5.82 Å². The molecule has 0 fully saturated rings. The van der Waals surface area contributed by atoms with Crippen molar-refractivity contribution < 1.29 is 4.79 Å². The Bertz CT molecular complexity index is 419. The van der Waals surface area contributed by atoms with Crippen LogP contribution in [0.3, 0.4) is 0 Å². The number of nitrogens with zero attached hydrogens (tertiary/aromatic N) is 3. The molecule has 0 saturated carbocycles. The number of hydrogen-bond acceptors (Lipinski definition) is 4. The number of aromatic nitrogens is 1. The van der Waals surface area contributed by atoms with Gasteiger partial charge in [-0.1, -0.05) is 0 Å². The number of amides is 1. The molecular formula is C12H16N4O. The number of carbonyl (C=O) groups is 1. The maximum Gasteiger partial charge on any atom is 0.239 e. The average Bonchev–Trinajstić information content (AvgIpc) is 2.28. The van der Waals surface area contributed by atoms with Crippen LogP contribution in [0.5, 0.6) is 0 Å². The van der Waals surface area contributed by atoms with Gasteiger partial charge in [0.2, 0.25) is 5.91 Å². The van der Waals surface area contributed by atoms with Crippen molar-refractivity contribution in [3.8, 4) is 6.07 Å². The molecule has 0 atom stereocenters. The van der Waals surface area contributed by atoms with Gasteiger partial charge < -0.3 is 10.2 Å². The van der Waals surface area contributed by atoms with E-state index in [1.165, 1.54) is 6.20 Å². The Hall–Kier alpha value is -2.09. The van der Waals surface area contributed by atoms with Crippen LogP contribution in [0.2, 0.25) is 0 Å². The Morgan fingerprint density at radius 2 is 2.29 bits per heavy atom. The van der Waals surface area contributed by atoms with Gasteiger partial charge in [-0.25, -0.2) is 4.98 Å². The largest absolute Gasteiger partial charge is 0.352 e. The molecule has 0 unspecified atom stereocenters. The van der Waals surface area contributed by atoms with Crippen LogP contribution in [0.15, 0.2) is 18.3 Å². The lowest BCUT2D eigenvalue weighted by Crippen LogP contribution is -2.38. The third-order valence-corrected chi connectivity index (χ3v) is 2.10. The van der Waals surface area contributed by atoms with E-state index in [-0.39, 0.29) is 18.5 Å². The lowest BCUT2D eigenvalue weighted by Gasteiger charge is -2.18. The van der Waals surface area contributed by atoms with Gasteiger partial charge in [-0.15, -0.1) is 0 Å². The summed E-state index contributed by atoms with van der Waals surface area (Å²) < 4.78 is 0. The number of rotatable bonds is 4. The van der Waals surface area contributed by atoms with Crippen molar-refractivity contribution in [3.05, 3.63) is 23.9 Å². The topological polar surface area (TPSA) is 69.0 Å². The third kappa shape index (κ3) is 4.11. The summed E-state index contributed by atoms with van der Waals surface area (Å²) in [6.45, 7) is 4.08. The van der Waals surface area contributed by atoms with Crippen LogP contribution in [0.25, 0.3) is 0 Å². The molecule has 0 aliphatic carbocycles. The quantitative estimate of drug-likeness (QED) is 0.838. The highest BCUT2D eigenvalue weighted by molar-refractivity contribution is 5.81. The number of carbonyl (C=O) groups excluding carboxylic acids is 1. The second-order valence-corrected chi connectivity index (χ2v) is 4.10. The summed E-state index contributed by atoms with van der Waals surface area (Å²) in [6.07, 6.45) is 1.49. The Kier molecular flexibility index (Phi) is 4.46. The summed E-state index contributed by atoms with van der Waals surface area (Å²) >= 11 is 0. The average molecular weight is 232 g/mol. The molecule has 0 radical (unpaired) electrons. The fraction of sp³-hybridized carbons (Fsp3) is 0.417. The Morgan fingerprint density at radius 3 is 2.76 bits per heavy atom. The molecule has 5 nitrogen and oxygen atoms in total. The summed E-state index contributed by atoms with van der Waals surface area (Å²) in [5.74, 6) is 0.622. The molecule has 0 aromatic carbocycles. The number of nitriles is 1. The fourth-order valence-corrected chi connectivity index (χ4v) is 1.34. The van der Waals surface area contributed by atoms with Crippen molar-refractivity contribution in [1.82, 2.24) is 10.3 Å². The lowest BCUT2D eigenvalue weighted by molar-refractivity contribution is -0.120. The first-order chi connectivity index (χ1) is 8.02. The highest BCUT2D eigenvalue weighted by Gasteiger charge is 2.09. The fourth-order valence-electron chi connectivity index (χ4n) is 1.34. The van der Waals surface area contributed by atoms with E-state index in [4.69, 9.17) is 5.26 Å². The van der Waals surface area contributed by atoms with Gasteiger partial charge in [0.1, 0.15) is 11.9 Å². The van der Waals surface area contributed by atoms with E-state index in [2.05, 4.69) is 10.3 Å². The molecule has 1 aromatic heterocycles. The maximum atomic E-state index is 11.5. The number of anilines is 1. The zero-order valence-electron chi connectivity index (χ0n) is 10.3. The molecule has 5 heteroatoms. The molecule has 0 aliphatic rings. The highest BCUT2D eigenvalue weighted by Crippen LogP contribution is 2.08. The van der Waals surface area contributed by atoms with Crippen molar-refractivity contribution in [2.24, 2.45) is 0 Å². The van der Waals surface area contributed by atoms with E-state index in [9.17, 15) is 4.79 Å². The first kappa shape index (κ1) is 13.0. The normalized spacial score (nSPS) is 9.82. The van der Waals surface area contributed by atoms with Gasteiger partial charge in [-0.3, -0.25) is 4.79 Å². The molecule has 17 heavy (non-hydrogen) atoms. The summed E-state index contributed by atoms with van der Waals surface area (Å²) in [5, 5.41) is 11.4. The molecule has 1 amide bonds. The lowest BCUT2D eigenvalue weighted by atomic mass is 10.3. The van der Waals surface area contributed by atoms with Crippen molar-refractivity contribution in [2.45, 2.75) is 19.9 Å². The van der Waals surface area contributed by atoms with Crippen LogP contribution < -0.4 is 10.2 Å². The van der Waals surface area contributed by atoms with Crippen molar-refractivity contribution in [1.29, 1.82) is 5.26 Å². The second-order valence-electron chi connectivity index (χ2n) is 4.10. The number of nitrogens with one attached hydrogen (secondary N) is 1. The molecule has 0 aliphatic heterocycles. The van der Waals surface area contributed by atoms with Gasteiger partial charge in [0.05, 0.1) is 12.1 Å². The van der Waals surface area contributed by atoms with Crippen molar-refractivity contribution >= 4 is 11.7 Å². The second kappa shape index (κ2) is 5.85. The molecule has 1 rings (SSSR count). The standard InChI is InChI=1S/C12H16N4O/c1-9(2)15-12(17)8-16(3)11-5-4-10(6-13)7-14-11/h4-5,7,9H,8H2,1-3H3,(H,15,17). The van der Waals surface area contributed by atoms with Gasteiger partial charge in [-0.05, 0) is 26.0 Å². The van der Waals surface area contributed by atoms with Gasteiger partial charge in [0.15, 0.2) is 0 Å². The van der Waals surface area contributed by atoms with E-state index in [0.717, 1.165) is 0 Å². The Balaban J connectivity index is 2.60. The minimum Gasteiger partial charge on any atom is -0.352 e. The number of likely N-dealkylation sites (N-methyl/N-ethyl adjacent to an activating group) is 1. The molecule has 1 N–H and O–H groups in total. The van der Waals surface area contributed by atoms with Gasteiger partial charge >= 0.3 is 0 Å². The molecule has 0 bridgehead atoms. The van der Waals surface area contributed by atoms with Crippen molar-refractivity contribution in [3.63, 3.8) is 0 Å². The summed E-state index contributed by atoms with van der Waals surface area (Å²) in [6, 6.07) is 5.53. The molecule has 0 spiro atoms. The monoisotopic (exact) mass is 232 g/mol. The maximum absolute atomic E-state index is 11.5. The zero-order chi connectivity index (χ0) is 12.8. The molecule has 0 saturated heterocycles. The van der Waals surface area contributed by atoms with Gasteiger partial charge in [0, 0.05) is 19.3 Å². The minimum atomic E-state index is -0.0475. The van der Waals surface area contributed by atoms with Crippen LogP contribution in [-0.2, 0) is 4.79 Å². The SMILES string of the molecule is CC(C)NC(=O)CN(C)c1ccc(C#N)cn1. The Morgan fingerprint density at radius 1 is 1.59 bits per heavy atom. The molecule has 1 aromatic rings. The molecular weight excluding hydrogens is 216 g/mol. The van der Waals surface area contributed by atoms with Crippen LogP contribution >= 0.6 is 0 Å². The number of pyridine rings is 1. The summed E-state index contributed by atoms with van der Waals surface area (Å²) in [5.41, 5.74) is 0.508. The highest BCUT2D eigenvalue weighted by atomic mass is 16.2. The van der Waals surface area contributed by atoms with E-state index >= 15 is 0 Å². The van der Waals surface area contributed by atoms with E-state index in [0.29, 0.717) is 11.4 Å². The summed E-state index contributed by atoms with van der Waals surface area (Å²) in [7, 11) is 1.79. The van der Waals surface area contributed by atoms with Gasteiger partial charge in [-0.2, -0.15) is 5.26 Å². The number of hydrogen-bond donors (Lipinski definition) is 1. The first-order valence-corrected chi connectivity index (χ1v) is 5.39. The predicted octanol–water partition coefficient (Wildman–Crippen LogP) is 0.914. The van der Waals surface area contributed by atoms with Crippen LogP contribution in [-0.4, -0.2) is 30.5 Å². The predicted molar refractivity (Wildman–Crippen MR) is 65.5 cm³/mol. The van der Waals surface area contributed by atoms with Crippen LogP contribution in [0.1, 0.15) is 19.4 Å². The third-order valence-electron chi connectivity index (χ3n) is 2.10. The molecule has 1 heterocycles. The first-order valence-electron chi connectivity index (χ1n) is 5.39. The van der Waals surface area contributed by atoms with E-state index in [1.54, 1.807) is 24.1 Å². The van der Waals surface area contributed by atoms with Crippen molar-refractivity contribution in [2.75, 3.05) is 18.5 Å². The summed E-state index contributed by atoms with van der Waals surface area (Å²) in [4.78, 5) is 17.4. The minimum absolute atomic E-state index is 0.0475. The zero-order valence-corrected chi connectivity index (χ0v) is 10.3. The smallest absolute Gasteiger partial charge is 0.239 e. The van der Waals surface area contributed by atoms with E-state index in [1.807, 2.05) is 19.9 Å². The Labute approximate surface area is 101 Å². The van der Waals surface area contributed by atoms with Gasteiger partial charge in [0.25, 0.3) is 0 Å². The van der Waals surface area contributed by atoms with Crippen LogP contribution in [0, 0.1) is 11.3 Å². The molecule has 90 valence electrons. The van der Waals surface area contributed by atoms with E-state index < -0.39 is 0 Å².